The number of hydrogen-bond donors (Lipinski definition) is 2. The minimum absolute atomic E-state index is 0.252. The van der Waals surface area contributed by atoms with E-state index >= 15 is 0 Å². The molecule has 0 saturated heterocycles. The monoisotopic (exact) mass is 216 g/mol. The van der Waals surface area contributed by atoms with Crippen molar-refractivity contribution in [2.75, 3.05) is 6.54 Å². The standard InChI is InChI=1S/C12H12N2O2/c15-9-3-1-8(2-4-9)12-14-10-7-13-6-5-11(10)16-12/h1-4,13,15H,5-7H2. The molecule has 0 fully saturated rings. The van der Waals surface area contributed by atoms with Gasteiger partial charge in [0, 0.05) is 25.1 Å². The van der Waals surface area contributed by atoms with E-state index in [1.807, 2.05) is 0 Å². The van der Waals surface area contributed by atoms with Crippen molar-refractivity contribution in [1.29, 1.82) is 0 Å². The molecule has 0 atom stereocenters. The van der Waals surface area contributed by atoms with Crippen LogP contribution in [0.4, 0.5) is 0 Å². The van der Waals surface area contributed by atoms with E-state index in [1.165, 1.54) is 0 Å². The zero-order chi connectivity index (χ0) is 11.0. The van der Waals surface area contributed by atoms with Crippen LogP contribution in [0.25, 0.3) is 11.5 Å². The van der Waals surface area contributed by atoms with Crippen molar-refractivity contribution in [3.63, 3.8) is 0 Å². The highest BCUT2D eigenvalue weighted by Gasteiger charge is 2.17. The van der Waals surface area contributed by atoms with Gasteiger partial charge in [-0.2, -0.15) is 0 Å². The van der Waals surface area contributed by atoms with Gasteiger partial charge in [0.05, 0.1) is 5.69 Å². The van der Waals surface area contributed by atoms with Gasteiger partial charge in [-0.15, -0.1) is 0 Å². The van der Waals surface area contributed by atoms with Crippen LogP contribution < -0.4 is 5.32 Å². The van der Waals surface area contributed by atoms with Crippen LogP contribution in [0.5, 0.6) is 5.75 Å². The van der Waals surface area contributed by atoms with Crippen molar-refractivity contribution in [2.24, 2.45) is 0 Å². The first kappa shape index (κ1) is 9.42. The summed E-state index contributed by atoms with van der Waals surface area (Å²) in [7, 11) is 0. The number of aromatic hydroxyl groups is 1. The second-order valence-corrected chi connectivity index (χ2v) is 3.86. The van der Waals surface area contributed by atoms with Crippen LogP contribution in [0.3, 0.4) is 0 Å². The molecule has 3 rings (SSSR count). The molecule has 0 radical (unpaired) electrons. The quantitative estimate of drug-likeness (QED) is 0.761. The SMILES string of the molecule is Oc1ccc(-c2nc3c(o2)CCNC3)cc1. The van der Waals surface area contributed by atoms with Crippen LogP contribution in [0.15, 0.2) is 28.7 Å². The summed E-state index contributed by atoms with van der Waals surface area (Å²) in [6.45, 7) is 1.72. The summed E-state index contributed by atoms with van der Waals surface area (Å²) in [4.78, 5) is 4.44. The first-order chi connectivity index (χ1) is 7.83. The van der Waals surface area contributed by atoms with E-state index in [9.17, 15) is 5.11 Å². The Labute approximate surface area is 92.9 Å². The van der Waals surface area contributed by atoms with E-state index in [0.717, 1.165) is 36.5 Å². The van der Waals surface area contributed by atoms with E-state index in [1.54, 1.807) is 24.3 Å². The molecule has 82 valence electrons. The minimum atomic E-state index is 0.252. The summed E-state index contributed by atoms with van der Waals surface area (Å²) in [5, 5.41) is 12.5. The van der Waals surface area contributed by atoms with E-state index in [0.29, 0.717) is 5.89 Å². The van der Waals surface area contributed by atoms with Gasteiger partial charge in [-0.3, -0.25) is 0 Å². The van der Waals surface area contributed by atoms with E-state index in [-0.39, 0.29) is 5.75 Å². The normalized spacial score (nSPS) is 14.8. The minimum Gasteiger partial charge on any atom is -0.508 e. The molecule has 0 bridgehead atoms. The summed E-state index contributed by atoms with van der Waals surface area (Å²) in [6.07, 6.45) is 0.889. The first-order valence-corrected chi connectivity index (χ1v) is 5.31. The smallest absolute Gasteiger partial charge is 0.226 e. The molecule has 4 nitrogen and oxygen atoms in total. The number of nitrogens with one attached hydrogen (secondary N) is 1. The van der Waals surface area contributed by atoms with Gasteiger partial charge in [-0.25, -0.2) is 4.98 Å². The van der Waals surface area contributed by atoms with E-state index in [4.69, 9.17) is 4.42 Å². The number of nitrogens with zero attached hydrogens (tertiary/aromatic N) is 1. The average molecular weight is 216 g/mol. The maximum atomic E-state index is 9.20. The Balaban J connectivity index is 2.00. The van der Waals surface area contributed by atoms with E-state index in [2.05, 4.69) is 10.3 Å². The number of aromatic nitrogens is 1. The highest BCUT2D eigenvalue weighted by Crippen LogP contribution is 2.25. The number of fused-ring (bicyclic) bond motifs is 1. The fourth-order valence-corrected chi connectivity index (χ4v) is 1.85. The van der Waals surface area contributed by atoms with Crippen LogP contribution >= 0.6 is 0 Å². The van der Waals surface area contributed by atoms with Gasteiger partial charge in [0.1, 0.15) is 11.5 Å². The van der Waals surface area contributed by atoms with Gasteiger partial charge >= 0.3 is 0 Å². The topological polar surface area (TPSA) is 58.3 Å². The Kier molecular flexibility index (Phi) is 2.15. The second-order valence-electron chi connectivity index (χ2n) is 3.86. The van der Waals surface area contributed by atoms with Crippen molar-refractivity contribution in [3.05, 3.63) is 35.7 Å². The molecule has 0 amide bonds. The van der Waals surface area contributed by atoms with Gasteiger partial charge in [-0.05, 0) is 24.3 Å². The van der Waals surface area contributed by atoms with Gasteiger partial charge < -0.3 is 14.8 Å². The van der Waals surface area contributed by atoms with E-state index < -0.39 is 0 Å². The number of benzene rings is 1. The van der Waals surface area contributed by atoms with Gasteiger partial charge in [0.2, 0.25) is 5.89 Å². The molecule has 0 unspecified atom stereocenters. The van der Waals surface area contributed by atoms with Gasteiger partial charge in [0.15, 0.2) is 0 Å². The van der Waals surface area contributed by atoms with Gasteiger partial charge in [0.25, 0.3) is 0 Å². The Morgan fingerprint density at radius 3 is 2.81 bits per heavy atom. The summed E-state index contributed by atoms with van der Waals surface area (Å²) in [5.74, 6) is 1.86. The number of rotatable bonds is 1. The molecule has 0 spiro atoms. The summed E-state index contributed by atoms with van der Waals surface area (Å²) in [5.41, 5.74) is 1.89. The van der Waals surface area contributed by atoms with Crippen LogP contribution in [0.1, 0.15) is 11.5 Å². The maximum Gasteiger partial charge on any atom is 0.226 e. The summed E-state index contributed by atoms with van der Waals surface area (Å²) >= 11 is 0. The Morgan fingerprint density at radius 1 is 1.25 bits per heavy atom. The number of phenols is 1. The second kappa shape index (κ2) is 3.64. The average Bonchev–Trinajstić information content (AvgIpc) is 2.73. The molecule has 1 aliphatic rings. The summed E-state index contributed by atoms with van der Waals surface area (Å²) < 4.78 is 5.70. The maximum absolute atomic E-state index is 9.20. The fraction of sp³-hybridized carbons (Fsp3) is 0.250. The van der Waals surface area contributed by atoms with Crippen LogP contribution in [0.2, 0.25) is 0 Å². The van der Waals surface area contributed by atoms with Crippen molar-refractivity contribution in [3.8, 4) is 17.2 Å². The highest BCUT2D eigenvalue weighted by molar-refractivity contribution is 5.55. The van der Waals surface area contributed by atoms with Crippen LogP contribution in [-0.2, 0) is 13.0 Å². The lowest BCUT2D eigenvalue weighted by Crippen LogP contribution is -2.22. The third-order valence-electron chi connectivity index (χ3n) is 2.71. The molecule has 4 heteroatoms. The van der Waals surface area contributed by atoms with Crippen LogP contribution in [0, 0.1) is 0 Å². The zero-order valence-electron chi connectivity index (χ0n) is 8.73. The first-order valence-electron chi connectivity index (χ1n) is 5.31. The van der Waals surface area contributed by atoms with Crippen molar-refractivity contribution >= 4 is 0 Å². The molecule has 16 heavy (non-hydrogen) atoms. The Hall–Kier alpha value is -1.81. The van der Waals surface area contributed by atoms with Gasteiger partial charge in [-0.1, -0.05) is 0 Å². The molecule has 0 saturated carbocycles. The zero-order valence-corrected chi connectivity index (χ0v) is 8.73. The molecule has 1 aromatic heterocycles. The van der Waals surface area contributed by atoms with Crippen molar-refractivity contribution in [2.45, 2.75) is 13.0 Å². The molecular weight excluding hydrogens is 204 g/mol. The van der Waals surface area contributed by atoms with Crippen LogP contribution in [-0.4, -0.2) is 16.6 Å². The Morgan fingerprint density at radius 2 is 2.06 bits per heavy atom. The lowest BCUT2D eigenvalue weighted by Gasteiger charge is -2.08. The van der Waals surface area contributed by atoms with Crippen molar-refractivity contribution in [1.82, 2.24) is 10.3 Å². The molecule has 1 aliphatic heterocycles. The molecule has 2 N–H and O–H groups in total. The third-order valence-corrected chi connectivity index (χ3v) is 2.71. The highest BCUT2D eigenvalue weighted by atomic mass is 16.4. The number of oxazole rings is 1. The molecule has 2 aromatic rings. The molecule has 1 aromatic carbocycles. The predicted octanol–water partition coefficient (Wildman–Crippen LogP) is 1.69. The largest absolute Gasteiger partial charge is 0.508 e. The molecule has 0 aliphatic carbocycles. The number of hydrogen-bond acceptors (Lipinski definition) is 4. The Bertz CT molecular complexity index is 479. The third kappa shape index (κ3) is 1.57. The fourth-order valence-electron chi connectivity index (χ4n) is 1.85. The lowest BCUT2D eigenvalue weighted by atomic mass is 10.2. The van der Waals surface area contributed by atoms with Crippen molar-refractivity contribution < 1.29 is 9.52 Å². The number of phenolic OH excluding ortho intramolecular Hbond substituents is 1. The predicted molar refractivity (Wildman–Crippen MR) is 59.0 cm³/mol. The molecule has 2 heterocycles. The lowest BCUT2D eigenvalue weighted by molar-refractivity contribution is 0.474. The summed E-state index contributed by atoms with van der Waals surface area (Å²) in [6, 6.07) is 6.88. The molecular formula is C12H12N2O2.